The SMILES string of the molecule is Nc1ccc(N)c(C(O)COCCOCCO)c1. The molecule has 0 bridgehead atoms. The molecule has 0 aliphatic rings. The summed E-state index contributed by atoms with van der Waals surface area (Å²) in [7, 11) is 0. The number of nitrogens with two attached hydrogens (primary N) is 2. The molecule has 0 aliphatic carbocycles. The Kier molecular flexibility index (Phi) is 6.45. The summed E-state index contributed by atoms with van der Waals surface area (Å²) in [5.41, 5.74) is 13.0. The van der Waals surface area contributed by atoms with Crippen molar-refractivity contribution in [2.24, 2.45) is 0 Å². The average molecular weight is 256 g/mol. The standard InChI is InChI=1S/C12H20N2O4/c13-9-1-2-11(14)10(7-9)12(16)8-18-6-5-17-4-3-15/h1-2,7,12,15-16H,3-6,8,13-14H2. The summed E-state index contributed by atoms with van der Waals surface area (Å²) in [5, 5.41) is 18.4. The van der Waals surface area contributed by atoms with Gasteiger partial charge < -0.3 is 31.2 Å². The van der Waals surface area contributed by atoms with E-state index in [9.17, 15) is 5.11 Å². The number of nitrogen functional groups attached to an aromatic ring is 2. The van der Waals surface area contributed by atoms with Crippen LogP contribution in [0, 0.1) is 0 Å². The van der Waals surface area contributed by atoms with Crippen LogP contribution < -0.4 is 11.5 Å². The van der Waals surface area contributed by atoms with Gasteiger partial charge in [0.2, 0.25) is 0 Å². The molecule has 0 radical (unpaired) electrons. The Bertz CT molecular complexity index is 360. The van der Waals surface area contributed by atoms with Crippen LogP contribution in [-0.2, 0) is 9.47 Å². The molecule has 6 heteroatoms. The van der Waals surface area contributed by atoms with Crippen LogP contribution in [0.3, 0.4) is 0 Å². The fourth-order valence-corrected chi connectivity index (χ4v) is 1.45. The van der Waals surface area contributed by atoms with Gasteiger partial charge in [-0.25, -0.2) is 0 Å². The molecule has 0 spiro atoms. The van der Waals surface area contributed by atoms with Crippen LogP contribution in [0.4, 0.5) is 11.4 Å². The third-order valence-corrected chi connectivity index (χ3v) is 2.35. The molecule has 6 N–H and O–H groups in total. The summed E-state index contributed by atoms with van der Waals surface area (Å²) in [4.78, 5) is 0. The Hall–Kier alpha value is -1.34. The second-order valence-corrected chi connectivity index (χ2v) is 3.82. The molecule has 0 saturated heterocycles. The predicted molar refractivity (Wildman–Crippen MR) is 69.0 cm³/mol. The zero-order chi connectivity index (χ0) is 13.4. The van der Waals surface area contributed by atoms with Crippen molar-refractivity contribution < 1.29 is 19.7 Å². The van der Waals surface area contributed by atoms with Gasteiger partial charge in [0.1, 0.15) is 6.10 Å². The number of hydrogen-bond acceptors (Lipinski definition) is 6. The number of anilines is 2. The van der Waals surface area contributed by atoms with Crippen LogP contribution in [-0.4, -0.2) is 43.2 Å². The van der Waals surface area contributed by atoms with Gasteiger partial charge in [-0.05, 0) is 18.2 Å². The highest BCUT2D eigenvalue weighted by atomic mass is 16.5. The summed E-state index contributed by atoms with van der Waals surface area (Å²) in [6.07, 6.45) is -0.814. The minimum atomic E-state index is -0.814. The first-order chi connectivity index (χ1) is 8.65. The quantitative estimate of drug-likeness (QED) is 0.382. The third-order valence-electron chi connectivity index (χ3n) is 2.35. The molecular formula is C12H20N2O4. The second-order valence-electron chi connectivity index (χ2n) is 3.82. The van der Waals surface area contributed by atoms with Gasteiger partial charge in [0, 0.05) is 16.9 Å². The lowest BCUT2D eigenvalue weighted by Gasteiger charge is -2.14. The van der Waals surface area contributed by atoms with E-state index in [2.05, 4.69) is 0 Å². The Labute approximate surface area is 106 Å². The number of ether oxygens (including phenoxy) is 2. The van der Waals surface area contributed by atoms with Crippen LogP contribution in [0.25, 0.3) is 0 Å². The number of hydrogen-bond donors (Lipinski definition) is 4. The third kappa shape index (κ3) is 4.89. The zero-order valence-electron chi connectivity index (χ0n) is 10.2. The van der Waals surface area contributed by atoms with Crippen molar-refractivity contribution in [1.29, 1.82) is 0 Å². The number of benzene rings is 1. The van der Waals surface area contributed by atoms with Crippen LogP contribution in [0.1, 0.15) is 11.7 Å². The highest BCUT2D eigenvalue weighted by Crippen LogP contribution is 2.23. The van der Waals surface area contributed by atoms with Crippen molar-refractivity contribution in [3.05, 3.63) is 23.8 Å². The molecule has 0 heterocycles. The molecule has 0 fully saturated rings. The summed E-state index contributed by atoms with van der Waals surface area (Å²) >= 11 is 0. The highest BCUT2D eigenvalue weighted by Gasteiger charge is 2.11. The van der Waals surface area contributed by atoms with Gasteiger partial charge in [-0.15, -0.1) is 0 Å². The molecule has 6 nitrogen and oxygen atoms in total. The Morgan fingerprint density at radius 2 is 1.83 bits per heavy atom. The number of aliphatic hydroxyl groups excluding tert-OH is 2. The average Bonchev–Trinajstić information content (AvgIpc) is 2.36. The minimum absolute atomic E-state index is 0.0115. The van der Waals surface area contributed by atoms with Crippen molar-refractivity contribution >= 4 is 11.4 Å². The smallest absolute Gasteiger partial charge is 0.104 e. The fraction of sp³-hybridized carbons (Fsp3) is 0.500. The van der Waals surface area contributed by atoms with Crippen LogP contribution in [0.15, 0.2) is 18.2 Å². The fourth-order valence-electron chi connectivity index (χ4n) is 1.45. The van der Waals surface area contributed by atoms with Crippen LogP contribution in [0.5, 0.6) is 0 Å². The lowest BCUT2D eigenvalue weighted by atomic mass is 10.1. The van der Waals surface area contributed by atoms with E-state index < -0.39 is 6.10 Å². The predicted octanol–water partition coefficient (Wildman–Crippen LogP) is -0.0901. The van der Waals surface area contributed by atoms with E-state index in [4.69, 9.17) is 26.0 Å². The molecule has 18 heavy (non-hydrogen) atoms. The topological polar surface area (TPSA) is 111 Å². The van der Waals surface area contributed by atoms with E-state index in [1.807, 2.05) is 0 Å². The van der Waals surface area contributed by atoms with Gasteiger partial charge in [-0.3, -0.25) is 0 Å². The van der Waals surface area contributed by atoms with Gasteiger partial charge in [0.25, 0.3) is 0 Å². The van der Waals surface area contributed by atoms with Crippen LogP contribution in [0.2, 0.25) is 0 Å². The highest BCUT2D eigenvalue weighted by molar-refractivity contribution is 5.56. The summed E-state index contributed by atoms with van der Waals surface area (Å²) in [6.45, 7) is 1.12. The molecule has 1 rings (SSSR count). The molecule has 0 aliphatic heterocycles. The summed E-state index contributed by atoms with van der Waals surface area (Å²) < 4.78 is 10.3. The number of rotatable bonds is 8. The largest absolute Gasteiger partial charge is 0.399 e. The van der Waals surface area contributed by atoms with Crippen molar-refractivity contribution in [3.8, 4) is 0 Å². The maximum absolute atomic E-state index is 9.89. The molecule has 0 amide bonds. The van der Waals surface area contributed by atoms with E-state index in [0.29, 0.717) is 30.2 Å². The molecule has 0 saturated carbocycles. The molecule has 1 unspecified atom stereocenters. The monoisotopic (exact) mass is 256 g/mol. The van der Waals surface area contributed by atoms with E-state index in [-0.39, 0.29) is 19.8 Å². The lowest BCUT2D eigenvalue weighted by molar-refractivity contribution is -0.00243. The zero-order valence-corrected chi connectivity index (χ0v) is 10.2. The first-order valence-corrected chi connectivity index (χ1v) is 5.74. The molecule has 1 aromatic rings. The lowest BCUT2D eigenvalue weighted by Crippen LogP contribution is -2.13. The summed E-state index contributed by atoms with van der Waals surface area (Å²) in [5.74, 6) is 0. The van der Waals surface area contributed by atoms with E-state index in [0.717, 1.165) is 0 Å². The van der Waals surface area contributed by atoms with Crippen LogP contribution >= 0.6 is 0 Å². The minimum Gasteiger partial charge on any atom is -0.399 e. The van der Waals surface area contributed by atoms with E-state index in [1.165, 1.54) is 0 Å². The molecule has 1 atom stereocenters. The molecular weight excluding hydrogens is 236 g/mol. The van der Waals surface area contributed by atoms with Gasteiger partial charge in [-0.2, -0.15) is 0 Å². The van der Waals surface area contributed by atoms with E-state index in [1.54, 1.807) is 18.2 Å². The van der Waals surface area contributed by atoms with Gasteiger partial charge in [-0.1, -0.05) is 0 Å². The van der Waals surface area contributed by atoms with Gasteiger partial charge in [0.05, 0.1) is 33.0 Å². The normalized spacial score (nSPS) is 12.6. The summed E-state index contributed by atoms with van der Waals surface area (Å²) in [6, 6.07) is 4.96. The number of aliphatic hydroxyl groups is 2. The van der Waals surface area contributed by atoms with Crippen molar-refractivity contribution in [2.45, 2.75) is 6.10 Å². The first-order valence-electron chi connectivity index (χ1n) is 5.74. The molecule has 0 aromatic heterocycles. The Morgan fingerprint density at radius 1 is 1.11 bits per heavy atom. The Morgan fingerprint density at radius 3 is 2.56 bits per heavy atom. The van der Waals surface area contributed by atoms with Crippen molar-refractivity contribution in [1.82, 2.24) is 0 Å². The van der Waals surface area contributed by atoms with Gasteiger partial charge in [0.15, 0.2) is 0 Å². The maximum Gasteiger partial charge on any atom is 0.104 e. The molecule has 1 aromatic carbocycles. The van der Waals surface area contributed by atoms with Gasteiger partial charge >= 0.3 is 0 Å². The maximum atomic E-state index is 9.89. The van der Waals surface area contributed by atoms with Crippen molar-refractivity contribution in [3.63, 3.8) is 0 Å². The first kappa shape index (κ1) is 14.7. The Balaban J connectivity index is 2.31. The molecule has 102 valence electrons. The van der Waals surface area contributed by atoms with Crippen molar-refractivity contribution in [2.75, 3.05) is 44.5 Å². The second kappa shape index (κ2) is 7.88. The van der Waals surface area contributed by atoms with E-state index >= 15 is 0 Å².